The third-order valence-corrected chi connectivity index (χ3v) is 6.37. The van der Waals surface area contributed by atoms with E-state index in [1.54, 1.807) is 24.3 Å². The molecule has 0 bridgehead atoms. The standard InChI is InChI=1S/C25H27F2N3O3/c26-18-8-9-19(21(27)16-18)24(32)30-14-10-17(11-15-30)23(31)28-22-7-3-2-6-20(22)25(33)29-12-4-1-5-13-29/h2-3,6-9,16-17H,1,4-5,10-15H2,(H,28,31). The minimum Gasteiger partial charge on any atom is -0.339 e. The lowest BCUT2D eigenvalue weighted by atomic mass is 9.95. The maximum absolute atomic E-state index is 14.0. The Balaban J connectivity index is 1.37. The molecule has 0 aliphatic carbocycles. The molecule has 1 N–H and O–H groups in total. The molecule has 2 aromatic carbocycles. The van der Waals surface area contributed by atoms with Crippen LogP contribution in [0.4, 0.5) is 14.5 Å². The average molecular weight is 456 g/mol. The number of likely N-dealkylation sites (tertiary alicyclic amines) is 2. The number of halogens is 2. The first kappa shape index (κ1) is 22.9. The average Bonchev–Trinajstić information content (AvgIpc) is 2.84. The Morgan fingerprint density at radius 1 is 0.788 bits per heavy atom. The van der Waals surface area contributed by atoms with Gasteiger partial charge in [-0.1, -0.05) is 12.1 Å². The molecule has 0 unspecified atom stereocenters. The van der Waals surface area contributed by atoms with Gasteiger partial charge in [0, 0.05) is 38.2 Å². The molecule has 0 saturated carbocycles. The van der Waals surface area contributed by atoms with Crippen LogP contribution in [0.2, 0.25) is 0 Å². The SMILES string of the molecule is O=C(Nc1ccccc1C(=O)N1CCCCC1)C1CCN(C(=O)c2ccc(F)cc2F)CC1. The van der Waals surface area contributed by atoms with Gasteiger partial charge in [0.1, 0.15) is 11.6 Å². The van der Waals surface area contributed by atoms with E-state index in [0.717, 1.165) is 44.5 Å². The fourth-order valence-corrected chi connectivity index (χ4v) is 4.46. The summed E-state index contributed by atoms with van der Waals surface area (Å²) in [5.74, 6) is -2.75. The zero-order valence-corrected chi connectivity index (χ0v) is 18.4. The molecule has 2 fully saturated rings. The second-order valence-electron chi connectivity index (χ2n) is 8.58. The molecule has 0 radical (unpaired) electrons. The first-order valence-electron chi connectivity index (χ1n) is 11.4. The van der Waals surface area contributed by atoms with Crippen LogP contribution in [0.1, 0.15) is 52.8 Å². The van der Waals surface area contributed by atoms with Gasteiger partial charge in [0.05, 0.1) is 16.8 Å². The Kier molecular flexibility index (Phi) is 7.01. The monoisotopic (exact) mass is 455 g/mol. The van der Waals surface area contributed by atoms with Crippen molar-refractivity contribution in [2.75, 3.05) is 31.5 Å². The van der Waals surface area contributed by atoms with Crippen LogP contribution in [0, 0.1) is 17.6 Å². The molecule has 33 heavy (non-hydrogen) atoms. The van der Waals surface area contributed by atoms with E-state index in [2.05, 4.69) is 5.32 Å². The molecule has 6 nitrogen and oxygen atoms in total. The largest absolute Gasteiger partial charge is 0.339 e. The summed E-state index contributed by atoms with van der Waals surface area (Å²) in [7, 11) is 0. The maximum atomic E-state index is 14.0. The van der Waals surface area contributed by atoms with E-state index in [9.17, 15) is 23.2 Å². The molecule has 0 aromatic heterocycles. The molecule has 2 aromatic rings. The lowest BCUT2D eigenvalue weighted by Crippen LogP contribution is -2.42. The normalized spacial score (nSPS) is 17.0. The summed E-state index contributed by atoms with van der Waals surface area (Å²) in [5.41, 5.74) is 0.793. The zero-order chi connectivity index (χ0) is 23.4. The summed E-state index contributed by atoms with van der Waals surface area (Å²) >= 11 is 0. The molecule has 3 amide bonds. The lowest BCUT2D eigenvalue weighted by Gasteiger charge is -2.32. The van der Waals surface area contributed by atoms with Crippen molar-refractivity contribution in [2.24, 2.45) is 5.92 Å². The van der Waals surface area contributed by atoms with Crippen molar-refractivity contribution in [3.8, 4) is 0 Å². The van der Waals surface area contributed by atoms with Gasteiger partial charge in [-0.05, 0) is 56.4 Å². The highest BCUT2D eigenvalue weighted by molar-refractivity contribution is 6.04. The van der Waals surface area contributed by atoms with Gasteiger partial charge in [-0.15, -0.1) is 0 Å². The van der Waals surface area contributed by atoms with Crippen molar-refractivity contribution in [1.82, 2.24) is 9.80 Å². The molecular formula is C25H27F2N3O3. The third kappa shape index (κ3) is 5.21. The van der Waals surface area contributed by atoms with Gasteiger partial charge in [-0.3, -0.25) is 14.4 Å². The minimum atomic E-state index is -0.894. The van der Waals surface area contributed by atoms with Crippen LogP contribution in [0.25, 0.3) is 0 Å². The number of rotatable bonds is 4. The van der Waals surface area contributed by atoms with Crippen LogP contribution >= 0.6 is 0 Å². The van der Waals surface area contributed by atoms with Crippen molar-refractivity contribution < 1.29 is 23.2 Å². The number of benzene rings is 2. The van der Waals surface area contributed by atoms with Gasteiger partial charge >= 0.3 is 0 Å². The maximum Gasteiger partial charge on any atom is 0.256 e. The van der Waals surface area contributed by atoms with E-state index in [1.807, 2.05) is 4.90 Å². The molecule has 174 valence electrons. The number of nitrogens with one attached hydrogen (secondary N) is 1. The van der Waals surface area contributed by atoms with Crippen LogP contribution in [-0.2, 0) is 4.79 Å². The first-order chi connectivity index (χ1) is 15.9. The quantitative estimate of drug-likeness (QED) is 0.755. The van der Waals surface area contributed by atoms with E-state index in [4.69, 9.17) is 0 Å². The van der Waals surface area contributed by atoms with Gasteiger partial charge in [0.15, 0.2) is 0 Å². The Morgan fingerprint density at radius 2 is 1.42 bits per heavy atom. The Labute approximate surface area is 191 Å². The molecule has 2 saturated heterocycles. The van der Waals surface area contributed by atoms with Gasteiger partial charge < -0.3 is 15.1 Å². The molecule has 2 aliphatic heterocycles. The number of para-hydroxylation sites is 1. The van der Waals surface area contributed by atoms with Gasteiger partial charge in [-0.2, -0.15) is 0 Å². The molecule has 2 aliphatic rings. The van der Waals surface area contributed by atoms with E-state index in [-0.39, 0.29) is 23.3 Å². The number of carbonyl (C=O) groups excluding carboxylic acids is 3. The highest BCUT2D eigenvalue weighted by Gasteiger charge is 2.30. The molecule has 2 heterocycles. The second kappa shape index (κ2) is 10.1. The third-order valence-electron chi connectivity index (χ3n) is 6.37. The van der Waals surface area contributed by atoms with Crippen molar-refractivity contribution in [3.05, 3.63) is 65.2 Å². The van der Waals surface area contributed by atoms with E-state index < -0.39 is 17.5 Å². The van der Waals surface area contributed by atoms with E-state index >= 15 is 0 Å². The number of carbonyl (C=O) groups is 3. The van der Waals surface area contributed by atoms with E-state index in [0.29, 0.717) is 43.2 Å². The summed E-state index contributed by atoms with van der Waals surface area (Å²) in [6, 6.07) is 9.90. The van der Waals surface area contributed by atoms with Gasteiger partial charge in [-0.25, -0.2) is 8.78 Å². The summed E-state index contributed by atoms with van der Waals surface area (Å²) in [6.07, 6.45) is 3.93. The fraction of sp³-hybridized carbons (Fsp3) is 0.400. The van der Waals surface area contributed by atoms with Crippen molar-refractivity contribution in [2.45, 2.75) is 32.1 Å². The number of nitrogens with zero attached hydrogens (tertiary/aromatic N) is 2. The van der Waals surface area contributed by atoms with Crippen LogP contribution in [-0.4, -0.2) is 53.7 Å². The smallest absolute Gasteiger partial charge is 0.256 e. The first-order valence-corrected chi connectivity index (χ1v) is 11.4. The lowest BCUT2D eigenvalue weighted by molar-refractivity contribution is -0.121. The Hall–Kier alpha value is -3.29. The molecule has 4 rings (SSSR count). The topological polar surface area (TPSA) is 69.7 Å². The minimum absolute atomic E-state index is 0.0765. The summed E-state index contributed by atoms with van der Waals surface area (Å²) in [5, 5.41) is 2.90. The van der Waals surface area contributed by atoms with Crippen molar-refractivity contribution >= 4 is 23.4 Å². The number of hydrogen-bond acceptors (Lipinski definition) is 3. The highest BCUT2D eigenvalue weighted by atomic mass is 19.1. The van der Waals surface area contributed by atoms with Crippen LogP contribution in [0.3, 0.4) is 0 Å². The fourth-order valence-electron chi connectivity index (χ4n) is 4.46. The van der Waals surface area contributed by atoms with Crippen molar-refractivity contribution in [1.29, 1.82) is 0 Å². The second-order valence-corrected chi connectivity index (χ2v) is 8.58. The molecule has 0 spiro atoms. The van der Waals surface area contributed by atoms with Crippen LogP contribution < -0.4 is 5.32 Å². The number of hydrogen-bond donors (Lipinski definition) is 1. The predicted molar refractivity (Wildman–Crippen MR) is 120 cm³/mol. The predicted octanol–water partition coefficient (Wildman–Crippen LogP) is 4.08. The van der Waals surface area contributed by atoms with Crippen molar-refractivity contribution in [3.63, 3.8) is 0 Å². The van der Waals surface area contributed by atoms with Gasteiger partial charge in [0.2, 0.25) is 5.91 Å². The van der Waals surface area contributed by atoms with Gasteiger partial charge in [0.25, 0.3) is 11.8 Å². The van der Waals surface area contributed by atoms with Crippen LogP contribution in [0.5, 0.6) is 0 Å². The number of anilines is 1. The van der Waals surface area contributed by atoms with E-state index in [1.165, 1.54) is 4.90 Å². The number of amides is 3. The summed E-state index contributed by atoms with van der Waals surface area (Å²) < 4.78 is 27.1. The summed E-state index contributed by atoms with van der Waals surface area (Å²) in [6.45, 7) is 2.04. The number of piperidine rings is 2. The molecule has 8 heteroatoms. The Morgan fingerprint density at radius 3 is 2.12 bits per heavy atom. The molecule has 0 atom stereocenters. The Bertz CT molecular complexity index is 1040. The summed E-state index contributed by atoms with van der Waals surface area (Å²) in [4.78, 5) is 41.8. The van der Waals surface area contributed by atoms with Crippen LogP contribution in [0.15, 0.2) is 42.5 Å². The molecular weight excluding hydrogens is 428 g/mol. The highest BCUT2D eigenvalue weighted by Crippen LogP contribution is 2.24. The zero-order valence-electron chi connectivity index (χ0n) is 18.4.